The molecule has 0 aliphatic heterocycles. The van der Waals surface area contributed by atoms with Gasteiger partial charge in [0.05, 0.1) is 26.9 Å². The predicted molar refractivity (Wildman–Crippen MR) is 81.3 cm³/mol. The Morgan fingerprint density at radius 1 is 1.17 bits per heavy atom. The molecule has 0 spiro atoms. The maximum absolute atomic E-state index is 11.9. The minimum atomic E-state index is -0.534. The second kappa shape index (κ2) is 7.49. The zero-order valence-electron chi connectivity index (χ0n) is 13.3. The molecule has 0 saturated carbocycles. The number of hydrogen-bond acceptors (Lipinski definition) is 6. The van der Waals surface area contributed by atoms with Crippen LogP contribution in [0.1, 0.15) is 27.2 Å². The van der Waals surface area contributed by atoms with Crippen LogP contribution in [0.5, 0.6) is 5.75 Å². The fourth-order valence-corrected chi connectivity index (χ4v) is 2.08. The van der Waals surface area contributed by atoms with Gasteiger partial charge in [-0.15, -0.1) is 0 Å². The normalized spacial score (nSPS) is 10.2. The molecule has 122 valence electrons. The smallest absolute Gasteiger partial charge is 0.341 e. The van der Waals surface area contributed by atoms with E-state index in [9.17, 15) is 9.59 Å². The third-order valence-corrected chi connectivity index (χ3v) is 3.34. The fraction of sp³-hybridized carbons (Fsp3) is 0.294. The molecule has 0 aliphatic rings. The highest BCUT2D eigenvalue weighted by Crippen LogP contribution is 2.20. The number of hydrogen-bond donors (Lipinski definition) is 0. The quantitative estimate of drug-likeness (QED) is 0.762. The summed E-state index contributed by atoms with van der Waals surface area (Å²) in [6, 6.07) is 6.98. The first-order valence-electron chi connectivity index (χ1n) is 6.99. The van der Waals surface area contributed by atoms with Gasteiger partial charge in [0.25, 0.3) is 0 Å². The van der Waals surface area contributed by atoms with Crippen molar-refractivity contribution in [1.29, 1.82) is 0 Å². The van der Waals surface area contributed by atoms with Gasteiger partial charge in [-0.2, -0.15) is 0 Å². The average molecular weight is 318 g/mol. The van der Waals surface area contributed by atoms with Crippen LogP contribution in [-0.2, 0) is 27.3 Å². The van der Waals surface area contributed by atoms with Gasteiger partial charge in [0.1, 0.15) is 17.9 Å². The average Bonchev–Trinajstić information content (AvgIpc) is 3.02. The molecule has 0 bridgehead atoms. The van der Waals surface area contributed by atoms with Crippen molar-refractivity contribution in [3.63, 3.8) is 0 Å². The minimum Gasteiger partial charge on any atom is -0.496 e. The van der Waals surface area contributed by atoms with Gasteiger partial charge in [-0.25, -0.2) is 4.79 Å². The molecular formula is C17H18O6. The van der Waals surface area contributed by atoms with Crippen molar-refractivity contribution in [3.8, 4) is 5.75 Å². The Bertz CT molecular complexity index is 701. The second-order valence-electron chi connectivity index (χ2n) is 4.89. The molecule has 0 saturated heterocycles. The van der Waals surface area contributed by atoms with Crippen molar-refractivity contribution >= 4 is 11.9 Å². The molecule has 6 heteroatoms. The Morgan fingerprint density at radius 2 is 1.96 bits per heavy atom. The van der Waals surface area contributed by atoms with Gasteiger partial charge >= 0.3 is 11.9 Å². The number of carbonyl (C=O) groups is 2. The molecule has 2 rings (SSSR count). The molecule has 6 nitrogen and oxygen atoms in total. The number of aryl methyl sites for hydroxylation is 1. The third-order valence-electron chi connectivity index (χ3n) is 3.34. The molecule has 1 aromatic heterocycles. The molecule has 0 N–H and O–H groups in total. The van der Waals surface area contributed by atoms with Crippen molar-refractivity contribution in [2.75, 3.05) is 14.2 Å². The van der Waals surface area contributed by atoms with E-state index in [1.54, 1.807) is 13.2 Å². The topological polar surface area (TPSA) is 75.0 Å². The highest BCUT2D eigenvalue weighted by atomic mass is 16.5. The van der Waals surface area contributed by atoms with Crippen LogP contribution in [0.15, 0.2) is 34.9 Å². The van der Waals surface area contributed by atoms with E-state index in [-0.39, 0.29) is 24.4 Å². The van der Waals surface area contributed by atoms with Gasteiger partial charge in [-0.1, -0.05) is 12.1 Å². The summed E-state index contributed by atoms with van der Waals surface area (Å²) in [4.78, 5) is 23.4. The van der Waals surface area contributed by atoms with Crippen LogP contribution in [0.4, 0.5) is 0 Å². The Hall–Kier alpha value is -2.76. The van der Waals surface area contributed by atoms with Crippen molar-refractivity contribution in [1.82, 2.24) is 0 Å². The first-order valence-corrected chi connectivity index (χ1v) is 6.99. The van der Waals surface area contributed by atoms with Crippen LogP contribution in [0.3, 0.4) is 0 Å². The van der Waals surface area contributed by atoms with E-state index < -0.39 is 11.9 Å². The van der Waals surface area contributed by atoms with E-state index >= 15 is 0 Å². The lowest BCUT2D eigenvalue weighted by atomic mass is 10.1. The number of carbonyl (C=O) groups excluding carboxylic acids is 2. The van der Waals surface area contributed by atoms with E-state index in [1.165, 1.54) is 19.4 Å². The van der Waals surface area contributed by atoms with E-state index in [0.29, 0.717) is 5.75 Å². The molecule has 23 heavy (non-hydrogen) atoms. The number of rotatable bonds is 6. The summed E-state index contributed by atoms with van der Waals surface area (Å²) in [5.41, 5.74) is 2.02. The lowest BCUT2D eigenvalue weighted by molar-refractivity contribution is -0.144. The molecular weight excluding hydrogens is 300 g/mol. The Labute approximate surface area is 134 Å². The van der Waals surface area contributed by atoms with E-state index in [1.807, 2.05) is 19.1 Å². The number of furan rings is 1. The van der Waals surface area contributed by atoms with Crippen molar-refractivity contribution in [2.45, 2.75) is 20.0 Å². The number of methoxy groups -OCH3 is 2. The summed E-state index contributed by atoms with van der Waals surface area (Å²) < 4.78 is 20.1. The highest BCUT2D eigenvalue weighted by molar-refractivity contribution is 5.90. The first kappa shape index (κ1) is 16.6. The molecule has 0 unspecified atom stereocenters. The largest absolute Gasteiger partial charge is 0.496 e. The lowest BCUT2D eigenvalue weighted by Gasteiger charge is -2.08. The number of esters is 2. The number of ether oxygens (including phenoxy) is 3. The van der Waals surface area contributed by atoms with Crippen molar-refractivity contribution < 1.29 is 28.2 Å². The highest BCUT2D eigenvalue weighted by Gasteiger charge is 2.17. The van der Waals surface area contributed by atoms with Crippen LogP contribution in [0.25, 0.3) is 0 Å². The Balaban J connectivity index is 1.96. The Kier molecular flexibility index (Phi) is 5.41. The van der Waals surface area contributed by atoms with E-state index in [2.05, 4.69) is 4.74 Å². The summed E-state index contributed by atoms with van der Waals surface area (Å²) in [5, 5.41) is 0. The van der Waals surface area contributed by atoms with Crippen molar-refractivity contribution in [2.24, 2.45) is 0 Å². The molecule has 1 aromatic carbocycles. The Morgan fingerprint density at radius 3 is 2.65 bits per heavy atom. The van der Waals surface area contributed by atoms with E-state index in [4.69, 9.17) is 13.9 Å². The van der Waals surface area contributed by atoms with Gasteiger partial charge in [-0.3, -0.25) is 4.79 Å². The van der Waals surface area contributed by atoms with Crippen LogP contribution in [-0.4, -0.2) is 26.2 Å². The van der Waals surface area contributed by atoms with Crippen LogP contribution >= 0.6 is 0 Å². The molecule has 0 atom stereocenters. The van der Waals surface area contributed by atoms with Crippen molar-refractivity contribution in [3.05, 3.63) is 53.0 Å². The predicted octanol–water partition coefficient (Wildman–Crippen LogP) is 2.67. The standard InChI is InChI=1S/C17H18O6/c1-11-4-5-12(8-14(11)20-2)9-16(18)23-10-15-13(6-7-22-15)17(19)21-3/h4-8H,9-10H2,1-3H3. The third kappa shape index (κ3) is 4.12. The SMILES string of the molecule is COC(=O)c1ccoc1COC(=O)Cc1ccc(C)c(OC)c1. The summed E-state index contributed by atoms with van der Waals surface area (Å²) in [6.45, 7) is 1.80. The molecule has 0 aliphatic carbocycles. The first-order chi connectivity index (χ1) is 11.0. The van der Waals surface area contributed by atoms with Gasteiger partial charge in [0.2, 0.25) is 0 Å². The van der Waals surface area contributed by atoms with Gasteiger partial charge < -0.3 is 18.6 Å². The summed E-state index contributed by atoms with van der Waals surface area (Å²) in [7, 11) is 2.85. The molecule has 1 heterocycles. The summed E-state index contributed by atoms with van der Waals surface area (Å²) >= 11 is 0. The maximum atomic E-state index is 11.9. The number of benzene rings is 1. The monoisotopic (exact) mass is 318 g/mol. The summed E-state index contributed by atoms with van der Waals surface area (Å²) in [5.74, 6) is 0.0113. The molecule has 0 radical (unpaired) electrons. The maximum Gasteiger partial charge on any atom is 0.341 e. The summed E-state index contributed by atoms with van der Waals surface area (Å²) in [6.07, 6.45) is 1.45. The van der Waals surface area contributed by atoms with Gasteiger partial charge in [0.15, 0.2) is 5.76 Å². The zero-order chi connectivity index (χ0) is 16.8. The fourth-order valence-electron chi connectivity index (χ4n) is 2.08. The van der Waals surface area contributed by atoms with Crippen LogP contribution in [0, 0.1) is 6.92 Å². The lowest BCUT2D eigenvalue weighted by Crippen LogP contribution is -2.10. The molecule has 2 aromatic rings. The van der Waals surface area contributed by atoms with Crippen LogP contribution < -0.4 is 4.74 Å². The second-order valence-corrected chi connectivity index (χ2v) is 4.89. The van der Waals surface area contributed by atoms with Gasteiger partial charge in [-0.05, 0) is 30.2 Å². The zero-order valence-corrected chi connectivity index (χ0v) is 13.3. The molecule has 0 fully saturated rings. The minimum absolute atomic E-state index is 0.102. The molecule has 0 amide bonds. The van der Waals surface area contributed by atoms with Crippen LogP contribution in [0.2, 0.25) is 0 Å². The van der Waals surface area contributed by atoms with Gasteiger partial charge in [0, 0.05) is 0 Å². The van der Waals surface area contributed by atoms with E-state index in [0.717, 1.165) is 11.1 Å².